The topological polar surface area (TPSA) is 61.8 Å². The molecule has 1 aliphatic heterocycles. The monoisotopic (exact) mass is 655 g/mol. The highest BCUT2D eigenvalue weighted by molar-refractivity contribution is 5.95. The third-order valence-corrected chi connectivity index (χ3v) is 12.4. The molecule has 0 aromatic heterocycles. The van der Waals surface area contributed by atoms with Crippen molar-refractivity contribution in [2.75, 3.05) is 6.61 Å². The first-order valence-corrected chi connectivity index (χ1v) is 20.5. The van der Waals surface area contributed by atoms with Gasteiger partial charge in [0.1, 0.15) is 0 Å². The third kappa shape index (κ3) is 11.7. The van der Waals surface area contributed by atoms with Crippen LogP contribution in [0, 0.1) is 23.2 Å². The maximum Gasteiger partial charge on any atom is 0.376 e. The summed E-state index contributed by atoms with van der Waals surface area (Å²) in [6, 6.07) is 0. The van der Waals surface area contributed by atoms with E-state index in [1.165, 1.54) is 173 Å². The minimum absolute atomic E-state index is 0.234. The van der Waals surface area contributed by atoms with Crippen molar-refractivity contribution in [3.8, 4) is 0 Å². The van der Waals surface area contributed by atoms with E-state index in [2.05, 4.69) is 6.58 Å². The van der Waals surface area contributed by atoms with Crippen molar-refractivity contribution in [1.29, 1.82) is 0 Å². The fraction of sp³-hybridized carbons (Fsp3) is 0.857. The lowest BCUT2D eigenvalue weighted by atomic mass is 9.50. The molecule has 0 bridgehead atoms. The Bertz CT molecular complexity index is 854. The van der Waals surface area contributed by atoms with Crippen LogP contribution in [0.2, 0.25) is 0 Å². The average Bonchev–Trinajstić information content (AvgIpc) is 3.09. The number of esters is 2. The Morgan fingerprint density at radius 2 is 0.809 bits per heavy atom. The third-order valence-electron chi connectivity index (χ3n) is 12.4. The summed E-state index contributed by atoms with van der Waals surface area (Å²) in [6.45, 7) is 9.25. The molecule has 4 fully saturated rings. The number of carbonyl (C=O) groups is 2. The molecule has 5 heteroatoms. The Hall–Kier alpha value is -1.62. The standard InChI is InChI=1S/C42H70O5/c1-34(40(43)46-35(2)41(44)47-39-32-24-25-33-45-39)42(36-26-18-12-6-3-7-13-19-27-36,37-28-20-14-8-4-9-15-21-29-37)38-30-22-16-10-5-11-17-23-31-38/h36-39H,1-33H2. The van der Waals surface area contributed by atoms with Crippen molar-refractivity contribution >= 4 is 11.9 Å². The Labute approximate surface area is 288 Å². The Morgan fingerprint density at radius 1 is 0.468 bits per heavy atom. The van der Waals surface area contributed by atoms with Crippen LogP contribution in [0.4, 0.5) is 0 Å². The SMILES string of the molecule is C=C(OC(=O)C(=C)C(C1CCCCCCCCC1)(C1CCCCCCCCC1)C1CCCCCCCCC1)C(=O)OC1CCCCO1. The van der Waals surface area contributed by atoms with Crippen molar-refractivity contribution in [1.82, 2.24) is 0 Å². The summed E-state index contributed by atoms with van der Waals surface area (Å²) in [5.41, 5.74) is 0.331. The van der Waals surface area contributed by atoms with Crippen LogP contribution in [0.5, 0.6) is 0 Å². The molecule has 0 amide bonds. The molecule has 1 atom stereocenters. The second kappa shape index (κ2) is 21.5. The van der Waals surface area contributed by atoms with E-state index >= 15 is 0 Å². The molecule has 0 N–H and O–H groups in total. The van der Waals surface area contributed by atoms with Gasteiger partial charge in [-0.15, -0.1) is 0 Å². The molecule has 3 aliphatic carbocycles. The van der Waals surface area contributed by atoms with Gasteiger partial charge in [0.15, 0.2) is 0 Å². The van der Waals surface area contributed by atoms with E-state index in [0.717, 1.165) is 12.8 Å². The molecule has 0 aromatic carbocycles. The fourth-order valence-electron chi connectivity index (χ4n) is 9.98. The van der Waals surface area contributed by atoms with E-state index in [-0.39, 0.29) is 11.2 Å². The highest BCUT2D eigenvalue weighted by atomic mass is 16.7. The normalized spacial score (nSPS) is 25.1. The first kappa shape index (κ1) is 38.2. The molecule has 0 spiro atoms. The zero-order chi connectivity index (χ0) is 33.2. The predicted octanol–water partition coefficient (Wildman–Crippen LogP) is 12.1. The van der Waals surface area contributed by atoms with Crippen LogP contribution in [0.1, 0.15) is 193 Å². The molecular weight excluding hydrogens is 584 g/mol. The smallest absolute Gasteiger partial charge is 0.376 e. The van der Waals surface area contributed by atoms with Gasteiger partial charge < -0.3 is 14.2 Å². The molecule has 268 valence electrons. The molecule has 0 aromatic rings. The first-order valence-electron chi connectivity index (χ1n) is 20.5. The maximum atomic E-state index is 14.5. The number of hydrogen-bond donors (Lipinski definition) is 0. The van der Waals surface area contributed by atoms with E-state index < -0.39 is 18.2 Å². The lowest BCUT2D eigenvalue weighted by Crippen LogP contribution is -2.48. The van der Waals surface area contributed by atoms with Gasteiger partial charge in [-0.2, -0.15) is 0 Å². The van der Waals surface area contributed by atoms with E-state index in [0.29, 0.717) is 36.4 Å². The Balaban J connectivity index is 1.71. The summed E-state index contributed by atoms with van der Waals surface area (Å²) in [5, 5.41) is 0. The molecule has 1 heterocycles. The molecular formula is C42H70O5. The summed E-state index contributed by atoms with van der Waals surface area (Å²) >= 11 is 0. The zero-order valence-corrected chi connectivity index (χ0v) is 30.2. The number of hydrogen-bond acceptors (Lipinski definition) is 5. The molecule has 4 rings (SSSR count). The summed E-state index contributed by atoms with van der Waals surface area (Å²) < 4.78 is 17.1. The number of carbonyl (C=O) groups excluding carboxylic acids is 2. The first-order chi connectivity index (χ1) is 23.0. The highest BCUT2D eigenvalue weighted by Crippen LogP contribution is 2.58. The van der Waals surface area contributed by atoms with Crippen molar-refractivity contribution in [3.63, 3.8) is 0 Å². The van der Waals surface area contributed by atoms with Crippen LogP contribution >= 0.6 is 0 Å². The Kier molecular flexibility index (Phi) is 17.4. The summed E-state index contributed by atoms with van der Waals surface area (Å²) in [6.07, 6.45) is 36.1. The van der Waals surface area contributed by atoms with Crippen LogP contribution in [0.25, 0.3) is 0 Å². The zero-order valence-electron chi connectivity index (χ0n) is 30.2. The largest absolute Gasteiger partial charge is 0.430 e. The van der Waals surface area contributed by atoms with Crippen molar-refractivity contribution in [2.45, 2.75) is 199 Å². The van der Waals surface area contributed by atoms with Gasteiger partial charge in [0, 0.05) is 17.4 Å². The van der Waals surface area contributed by atoms with Crippen LogP contribution in [0.15, 0.2) is 24.5 Å². The summed E-state index contributed by atoms with van der Waals surface area (Å²) in [7, 11) is 0. The summed E-state index contributed by atoms with van der Waals surface area (Å²) in [5.74, 6) is -0.128. The maximum absolute atomic E-state index is 14.5. The number of rotatable bonds is 8. The van der Waals surface area contributed by atoms with Crippen LogP contribution in [0.3, 0.4) is 0 Å². The van der Waals surface area contributed by atoms with Crippen LogP contribution < -0.4 is 0 Å². The minimum Gasteiger partial charge on any atom is -0.430 e. The van der Waals surface area contributed by atoms with Crippen LogP contribution in [-0.2, 0) is 23.8 Å². The highest BCUT2D eigenvalue weighted by Gasteiger charge is 2.53. The molecule has 1 unspecified atom stereocenters. The molecule has 1 saturated heterocycles. The van der Waals surface area contributed by atoms with Crippen molar-refractivity contribution in [3.05, 3.63) is 24.5 Å². The van der Waals surface area contributed by atoms with Gasteiger partial charge in [-0.05, 0) is 75.7 Å². The fourth-order valence-corrected chi connectivity index (χ4v) is 9.98. The molecule has 5 nitrogen and oxygen atoms in total. The molecule has 3 saturated carbocycles. The van der Waals surface area contributed by atoms with Gasteiger partial charge in [0.25, 0.3) is 0 Å². The van der Waals surface area contributed by atoms with Gasteiger partial charge in [-0.3, -0.25) is 0 Å². The van der Waals surface area contributed by atoms with Gasteiger partial charge in [-0.1, -0.05) is 141 Å². The quantitative estimate of drug-likeness (QED) is 0.148. The van der Waals surface area contributed by atoms with Gasteiger partial charge in [0.2, 0.25) is 12.0 Å². The predicted molar refractivity (Wildman–Crippen MR) is 192 cm³/mol. The lowest BCUT2D eigenvalue weighted by molar-refractivity contribution is -0.186. The van der Waals surface area contributed by atoms with E-state index in [9.17, 15) is 9.59 Å². The van der Waals surface area contributed by atoms with E-state index in [1.54, 1.807) is 0 Å². The second-order valence-corrected chi connectivity index (χ2v) is 15.7. The summed E-state index contributed by atoms with van der Waals surface area (Å²) in [4.78, 5) is 27.6. The minimum atomic E-state index is -0.695. The number of ether oxygens (including phenoxy) is 3. The molecule has 4 aliphatic rings. The average molecular weight is 655 g/mol. The van der Waals surface area contributed by atoms with Gasteiger partial charge in [0.05, 0.1) is 6.61 Å². The van der Waals surface area contributed by atoms with Crippen molar-refractivity contribution in [2.24, 2.45) is 23.2 Å². The van der Waals surface area contributed by atoms with Gasteiger partial charge >= 0.3 is 11.9 Å². The van der Waals surface area contributed by atoms with E-state index in [1.807, 2.05) is 0 Å². The Morgan fingerprint density at radius 3 is 1.15 bits per heavy atom. The molecule has 0 radical (unpaired) electrons. The lowest BCUT2D eigenvalue weighted by Gasteiger charge is -2.53. The van der Waals surface area contributed by atoms with Crippen molar-refractivity contribution < 1.29 is 23.8 Å². The van der Waals surface area contributed by atoms with Gasteiger partial charge in [-0.25, -0.2) is 9.59 Å². The van der Waals surface area contributed by atoms with E-state index in [4.69, 9.17) is 20.8 Å². The van der Waals surface area contributed by atoms with Crippen LogP contribution in [-0.4, -0.2) is 24.8 Å². The second-order valence-electron chi connectivity index (χ2n) is 15.7. The molecule has 47 heavy (non-hydrogen) atoms.